The molecule has 2 N–H and O–H groups in total. The summed E-state index contributed by atoms with van der Waals surface area (Å²) in [6.45, 7) is 5.59. The molecule has 5 rings (SSSR count). The molecule has 0 radical (unpaired) electrons. The van der Waals surface area contributed by atoms with E-state index in [1.165, 1.54) is 0 Å². The third-order valence-electron chi connectivity index (χ3n) is 5.83. The second-order valence-electron chi connectivity index (χ2n) is 8.17. The number of carbonyl (C=O) groups is 1. The van der Waals surface area contributed by atoms with Gasteiger partial charge in [0.1, 0.15) is 0 Å². The van der Waals surface area contributed by atoms with Crippen molar-refractivity contribution in [1.29, 1.82) is 0 Å². The highest BCUT2D eigenvalue weighted by molar-refractivity contribution is 5.95. The van der Waals surface area contributed by atoms with Crippen molar-refractivity contribution in [1.82, 2.24) is 24.6 Å². The van der Waals surface area contributed by atoms with Crippen LogP contribution in [0.3, 0.4) is 0 Å². The van der Waals surface area contributed by atoms with E-state index in [1.807, 2.05) is 41.1 Å². The van der Waals surface area contributed by atoms with Gasteiger partial charge in [0.25, 0.3) is 5.91 Å². The number of ether oxygens (including phenoxy) is 1. The van der Waals surface area contributed by atoms with Gasteiger partial charge in [-0.15, -0.1) is 0 Å². The van der Waals surface area contributed by atoms with Crippen molar-refractivity contribution in [3.05, 3.63) is 48.4 Å². The molecule has 1 aliphatic heterocycles. The zero-order valence-electron chi connectivity index (χ0n) is 17.6. The van der Waals surface area contributed by atoms with Crippen LogP contribution in [0.2, 0.25) is 0 Å². The maximum atomic E-state index is 12.2. The van der Waals surface area contributed by atoms with E-state index >= 15 is 0 Å². The van der Waals surface area contributed by atoms with Crippen molar-refractivity contribution >= 4 is 17.4 Å². The van der Waals surface area contributed by atoms with E-state index in [9.17, 15) is 4.79 Å². The highest BCUT2D eigenvalue weighted by Gasteiger charge is 2.23. The number of anilines is 1. The smallest absolute Gasteiger partial charge is 0.251 e. The molecule has 31 heavy (non-hydrogen) atoms. The Kier molecular flexibility index (Phi) is 5.82. The molecule has 0 unspecified atom stereocenters. The Hall–Kier alpha value is -2.97. The van der Waals surface area contributed by atoms with Crippen molar-refractivity contribution in [2.75, 3.05) is 44.7 Å². The standard InChI is InChI=1S/C23H28N6O2/c30-23(27-19-6-7-19)18-4-2-17(3-5-18)20-16-26-22-21(25-9-11-29(20)22)24-8-1-10-28-12-14-31-15-13-28/h2-5,9,11,16,19H,1,6-8,10,12-15H2,(H,24,25)(H,27,30). The monoisotopic (exact) mass is 420 g/mol. The predicted octanol–water partition coefficient (Wildman–Crippen LogP) is 2.42. The molecular weight excluding hydrogens is 392 g/mol. The van der Waals surface area contributed by atoms with Crippen LogP contribution in [0.15, 0.2) is 42.9 Å². The number of benzene rings is 1. The van der Waals surface area contributed by atoms with Gasteiger partial charge in [-0.2, -0.15) is 0 Å². The van der Waals surface area contributed by atoms with E-state index in [0.29, 0.717) is 11.6 Å². The molecular formula is C23H28N6O2. The van der Waals surface area contributed by atoms with Crippen LogP contribution in [0, 0.1) is 0 Å². The fraction of sp³-hybridized carbons (Fsp3) is 0.435. The average Bonchev–Trinajstić information content (AvgIpc) is 3.52. The number of fused-ring (bicyclic) bond motifs is 1. The first-order chi connectivity index (χ1) is 15.3. The van der Waals surface area contributed by atoms with Crippen molar-refractivity contribution in [2.24, 2.45) is 0 Å². The molecule has 2 aromatic heterocycles. The van der Waals surface area contributed by atoms with Gasteiger partial charge in [-0.3, -0.25) is 14.1 Å². The molecule has 2 fully saturated rings. The normalized spacial score (nSPS) is 17.0. The lowest BCUT2D eigenvalue weighted by atomic mass is 10.1. The predicted molar refractivity (Wildman–Crippen MR) is 119 cm³/mol. The van der Waals surface area contributed by atoms with Crippen LogP contribution in [-0.2, 0) is 4.74 Å². The third kappa shape index (κ3) is 4.70. The molecule has 3 aromatic rings. The Morgan fingerprint density at radius 2 is 1.94 bits per heavy atom. The number of nitrogens with one attached hydrogen (secondary N) is 2. The summed E-state index contributed by atoms with van der Waals surface area (Å²) in [6, 6.07) is 8.05. The van der Waals surface area contributed by atoms with Crippen molar-refractivity contribution in [3.63, 3.8) is 0 Å². The van der Waals surface area contributed by atoms with Gasteiger partial charge < -0.3 is 15.4 Å². The zero-order valence-corrected chi connectivity index (χ0v) is 17.6. The summed E-state index contributed by atoms with van der Waals surface area (Å²) in [7, 11) is 0. The fourth-order valence-corrected chi connectivity index (χ4v) is 3.88. The van der Waals surface area contributed by atoms with Gasteiger partial charge in [-0.05, 0) is 37.9 Å². The third-order valence-corrected chi connectivity index (χ3v) is 5.83. The van der Waals surface area contributed by atoms with Crippen molar-refractivity contribution in [3.8, 4) is 11.3 Å². The van der Waals surface area contributed by atoms with Gasteiger partial charge in [0.15, 0.2) is 11.5 Å². The zero-order chi connectivity index (χ0) is 21.0. The van der Waals surface area contributed by atoms with Crippen LogP contribution in [0.5, 0.6) is 0 Å². The molecule has 1 saturated carbocycles. The van der Waals surface area contributed by atoms with E-state index < -0.39 is 0 Å². The number of nitrogens with zero attached hydrogens (tertiary/aromatic N) is 4. The van der Waals surface area contributed by atoms with Crippen molar-refractivity contribution in [2.45, 2.75) is 25.3 Å². The van der Waals surface area contributed by atoms with E-state index in [2.05, 4.69) is 25.5 Å². The topological polar surface area (TPSA) is 83.8 Å². The molecule has 8 heteroatoms. The van der Waals surface area contributed by atoms with Crippen LogP contribution >= 0.6 is 0 Å². The van der Waals surface area contributed by atoms with Crippen LogP contribution in [0.1, 0.15) is 29.6 Å². The molecule has 1 aromatic carbocycles. The number of hydrogen-bond donors (Lipinski definition) is 2. The van der Waals surface area contributed by atoms with Crippen molar-refractivity contribution < 1.29 is 9.53 Å². The highest BCUT2D eigenvalue weighted by atomic mass is 16.5. The number of imidazole rings is 1. The molecule has 1 amide bonds. The molecule has 0 bridgehead atoms. The maximum absolute atomic E-state index is 12.2. The molecule has 162 valence electrons. The SMILES string of the molecule is O=C(NC1CC1)c1ccc(-c2cnc3c(NCCCN4CCOCC4)nccn23)cc1. The summed E-state index contributed by atoms with van der Waals surface area (Å²) in [5, 5.41) is 6.46. The number of morpholine rings is 1. The molecule has 3 heterocycles. The first kappa shape index (κ1) is 20.0. The molecule has 1 aliphatic carbocycles. The summed E-state index contributed by atoms with van der Waals surface area (Å²) in [4.78, 5) is 23.7. The lowest BCUT2D eigenvalue weighted by Crippen LogP contribution is -2.37. The Morgan fingerprint density at radius 1 is 1.13 bits per heavy atom. The van der Waals surface area contributed by atoms with Crippen LogP contribution in [0.4, 0.5) is 5.82 Å². The summed E-state index contributed by atoms with van der Waals surface area (Å²) < 4.78 is 7.44. The van der Waals surface area contributed by atoms with Crippen LogP contribution in [0.25, 0.3) is 16.9 Å². The molecule has 8 nitrogen and oxygen atoms in total. The van der Waals surface area contributed by atoms with Gasteiger partial charge in [0, 0.05) is 49.2 Å². The van der Waals surface area contributed by atoms with Gasteiger partial charge in [0.05, 0.1) is 25.1 Å². The maximum Gasteiger partial charge on any atom is 0.251 e. The quantitative estimate of drug-likeness (QED) is 0.545. The minimum Gasteiger partial charge on any atom is -0.379 e. The van der Waals surface area contributed by atoms with Crippen LogP contribution < -0.4 is 10.6 Å². The van der Waals surface area contributed by atoms with Gasteiger partial charge in [-0.25, -0.2) is 9.97 Å². The second kappa shape index (κ2) is 9.03. The number of rotatable bonds is 8. The van der Waals surface area contributed by atoms with E-state index in [0.717, 1.165) is 81.4 Å². The minimum absolute atomic E-state index is 0.0000392. The lowest BCUT2D eigenvalue weighted by molar-refractivity contribution is 0.0378. The average molecular weight is 421 g/mol. The highest BCUT2D eigenvalue weighted by Crippen LogP contribution is 2.24. The summed E-state index contributed by atoms with van der Waals surface area (Å²) in [5.74, 6) is 0.788. The molecule has 1 saturated heterocycles. The molecule has 0 spiro atoms. The lowest BCUT2D eigenvalue weighted by Gasteiger charge is -2.26. The summed E-state index contributed by atoms with van der Waals surface area (Å²) in [5.41, 5.74) is 3.48. The van der Waals surface area contributed by atoms with Gasteiger partial charge in [-0.1, -0.05) is 12.1 Å². The van der Waals surface area contributed by atoms with Gasteiger partial charge in [0.2, 0.25) is 0 Å². The van der Waals surface area contributed by atoms with E-state index in [1.54, 1.807) is 6.20 Å². The number of aromatic nitrogens is 3. The first-order valence-corrected chi connectivity index (χ1v) is 11.1. The summed E-state index contributed by atoms with van der Waals surface area (Å²) in [6.07, 6.45) is 8.78. The summed E-state index contributed by atoms with van der Waals surface area (Å²) >= 11 is 0. The first-order valence-electron chi connectivity index (χ1n) is 11.1. The Bertz CT molecular complexity index is 1040. The minimum atomic E-state index is -0.0000392. The van der Waals surface area contributed by atoms with E-state index in [4.69, 9.17) is 4.74 Å². The second-order valence-corrected chi connectivity index (χ2v) is 8.17. The number of hydrogen-bond acceptors (Lipinski definition) is 6. The number of amides is 1. The largest absolute Gasteiger partial charge is 0.379 e. The molecule has 0 atom stereocenters. The molecule has 2 aliphatic rings. The van der Waals surface area contributed by atoms with Crippen LogP contribution in [-0.4, -0.2) is 70.6 Å². The Labute approximate surface area is 181 Å². The van der Waals surface area contributed by atoms with Gasteiger partial charge >= 0.3 is 0 Å². The Morgan fingerprint density at radius 3 is 2.71 bits per heavy atom. The Balaban J connectivity index is 1.24. The number of carbonyl (C=O) groups excluding carboxylic acids is 1. The fourth-order valence-electron chi connectivity index (χ4n) is 3.88. The van der Waals surface area contributed by atoms with E-state index in [-0.39, 0.29) is 5.91 Å².